The molecule has 5 heteroatoms. The molecule has 0 fully saturated rings. The Morgan fingerprint density at radius 1 is 0.812 bits per heavy atom. The molecular weight excluding hydrogens is 400 g/mol. The van der Waals surface area contributed by atoms with E-state index in [1.54, 1.807) is 31.4 Å². The average Bonchev–Trinajstić information content (AvgIpc) is 3.02. The van der Waals surface area contributed by atoms with Crippen LogP contribution in [-0.2, 0) is 16.1 Å². The van der Waals surface area contributed by atoms with Crippen LogP contribution in [0.2, 0.25) is 0 Å². The van der Waals surface area contributed by atoms with Crippen LogP contribution in [0.25, 0.3) is 5.57 Å². The molecule has 0 bridgehead atoms. The van der Waals surface area contributed by atoms with Gasteiger partial charge in [0.25, 0.3) is 11.8 Å². The van der Waals surface area contributed by atoms with Gasteiger partial charge >= 0.3 is 0 Å². The molecule has 0 unspecified atom stereocenters. The molecular formula is C27H26N2O3. The van der Waals surface area contributed by atoms with E-state index in [1.807, 2.05) is 63.2 Å². The maximum Gasteiger partial charge on any atom is 0.278 e. The molecule has 0 spiro atoms. The minimum absolute atomic E-state index is 0.218. The minimum atomic E-state index is -0.331. The van der Waals surface area contributed by atoms with Crippen LogP contribution in [0.5, 0.6) is 5.75 Å². The van der Waals surface area contributed by atoms with Gasteiger partial charge in [-0.25, -0.2) is 0 Å². The Balaban J connectivity index is 1.76. The summed E-state index contributed by atoms with van der Waals surface area (Å²) in [6.45, 7) is 6.19. The Bertz CT molecular complexity index is 1210. The first kappa shape index (κ1) is 21.4. The number of anilines is 1. The van der Waals surface area contributed by atoms with Crippen LogP contribution in [0, 0.1) is 20.8 Å². The molecule has 0 saturated heterocycles. The number of rotatable bonds is 6. The first-order valence-electron chi connectivity index (χ1n) is 10.5. The van der Waals surface area contributed by atoms with Crippen molar-refractivity contribution in [1.29, 1.82) is 0 Å². The van der Waals surface area contributed by atoms with Crippen LogP contribution < -0.4 is 10.1 Å². The van der Waals surface area contributed by atoms with E-state index < -0.39 is 0 Å². The predicted molar refractivity (Wildman–Crippen MR) is 126 cm³/mol. The highest BCUT2D eigenvalue weighted by molar-refractivity contribution is 6.36. The third-order valence-electron chi connectivity index (χ3n) is 5.66. The molecule has 1 N–H and O–H groups in total. The van der Waals surface area contributed by atoms with E-state index in [4.69, 9.17) is 4.74 Å². The highest BCUT2D eigenvalue weighted by Gasteiger charge is 2.39. The van der Waals surface area contributed by atoms with Crippen LogP contribution in [0.15, 0.2) is 72.4 Å². The lowest BCUT2D eigenvalue weighted by atomic mass is 10.0. The molecule has 1 aliphatic heterocycles. The van der Waals surface area contributed by atoms with E-state index in [-0.39, 0.29) is 18.4 Å². The number of imide groups is 1. The Hall–Kier alpha value is -3.86. The van der Waals surface area contributed by atoms with Gasteiger partial charge in [0.15, 0.2) is 0 Å². The molecule has 2 amide bonds. The van der Waals surface area contributed by atoms with Gasteiger partial charge in [-0.2, -0.15) is 0 Å². The van der Waals surface area contributed by atoms with Crippen LogP contribution in [0.4, 0.5) is 5.69 Å². The Morgan fingerprint density at radius 3 is 2.12 bits per heavy atom. The second-order valence-corrected chi connectivity index (χ2v) is 8.10. The number of hydrogen-bond donors (Lipinski definition) is 1. The van der Waals surface area contributed by atoms with Gasteiger partial charge in [-0.1, -0.05) is 54.1 Å². The molecule has 0 aromatic heterocycles. The number of benzene rings is 3. The van der Waals surface area contributed by atoms with Gasteiger partial charge in [0.2, 0.25) is 0 Å². The van der Waals surface area contributed by atoms with Crippen molar-refractivity contribution in [2.75, 3.05) is 12.4 Å². The summed E-state index contributed by atoms with van der Waals surface area (Å²) in [5.41, 5.74) is 6.23. The van der Waals surface area contributed by atoms with E-state index in [0.717, 1.165) is 27.9 Å². The summed E-state index contributed by atoms with van der Waals surface area (Å²) in [4.78, 5) is 28.2. The molecule has 0 saturated carbocycles. The number of carbonyl (C=O) groups excluding carboxylic acids is 2. The zero-order valence-electron chi connectivity index (χ0n) is 18.7. The topological polar surface area (TPSA) is 58.6 Å². The lowest BCUT2D eigenvalue weighted by Crippen LogP contribution is -2.32. The van der Waals surface area contributed by atoms with Crippen molar-refractivity contribution in [2.24, 2.45) is 0 Å². The minimum Gasteiger partial charge on any atom is -0.497 e. The number of methoxy groups -OCH3 is 1. The third kappa shape index (κ3) is 4.14. The van der Waals surface area contributed by atoms with E-state index >= 15 is 0 Å². The largest absolute Gasteiger partial charge is 0.497 e. The number of aryl methyl sites for hydroxylation is 3. The fourth-order valence-electron chi connectivity index (χ4n) is 3.74. The molecule has 162 valence electrons. The summed E-state index contributed by atoms with van der Waals surface area (Å²) in [5.74, 6) is 0.0440. The van der Waals surface area contributed by atoms with E-state index in [2.05, 4.69) is 5.32 Å². The van der Waals surface area contributed by atoms with E-state index in [0.29, 0.717) is 22.6 Å². The number of hydrogen-bond acceptors (Lipinski definition) is 4. The molecule has 5 nitrogen and oxygen atoms in total. The summed E-state index contributed by atoms with van der Waals surface area (Å²) in [6.07, 6.45) is 0. The smallest absolute Gasteiger partial charge is 0.278 e. The molecule has 0 radical (unpaired) electrons. The van der Waals surface area contributed by atoms with Gasteiger partial charge in [0, 0.05) is 5.69 Å². The summed E-state index contributed by atoms with van der Waals surface area (Å²) in [5, 5.41) is 3.27. The fraction of sp³-hybridized carbons (Fsp3) is 0.185. The normalized spacial score (nSPS) is 13.7. The van der Waals surface area contributed by atoms with Crippen molar-refractivity contribution in [1.82, 2.24) is 4.90 Å². The molecule has 32 heavy (non-hydrogen) atoms. The monoisotopic (exact) mass is 426 g/mol. The lowest BCUT2D eigenvalue weighted by Gasteiger charge is -2.16. The van der Waals surface area contributed by atoms with Gasteiger partial charge in [-0.05, 0) is 61.2 Å². The summed E-state index contributed by atoms with van der Waals surface area (Å²) < 4.78 is 5.25. The lowest BCUT2D eigenvalue weighted by molar-refractivity contribution is -0.137. The molecule has 3 aromatic rings. The summed E-state index contributed by atoms with van der Waals surface area (Å²) in [7, 11) is 1.59. The van der Waals surface area contributed by atoms with Crippen LogP contribution >= 0.6 is 0 Å². The van der Waals surface area contributed by atoms with Gasteiger partial charge in [0.1, 0.15) is 11.4 Å². The van der Waals surface area contributed by atoms with Crippen molar-refractivity contribution in [2.45, 2.75) is 27.3 Å². The molecule has 0 aliphatic carbocycles. The predicted octanol–water partition coefficient (Wildman–Crippen LogP) is 5.01. The van der Waals surface area contributed by atoms with Crippen molar-refractivity contribution in [3.63, 3.8) is 0 Å². The van der Waals surface area contributed by atoms with Gasteiger partial charge in [0.05, 0.1) is 19.2 Å². The number of carbonyl (C=O) groups is 2. The van der Waals surface area contributed by atoms with Crippen molar-refractivity contribution in [3.8, 4) is 5.75 Å². The first-order valence-corrected chi connectivity index (χ1v) is 10.5. The zero-order chi connectivity index (χ0) is 22.8. The summed E-state index contributed by atoms with van der Waals surface area (Å²) in [6, 6.07) is 21.0. The van der Waals surface area contributed by atoms with Gasteiger partial charge in [-0.3, -0.25) is 14.5 Å². The maximum atomic E-state index is 13.5. The standard InChI is InChI=1S/C27H26N2O3/c1-17-6-9-20(10-7-17)16-29-26(30)24(21-11-13-22(32-4)14-12-21)25(27(29)31)28-23-15-18(2)5-8-19(23)3/h5-15,28H,16H2,1-4H3. The highest BCUT2D eigenvalue weighted by atomic mass is 16.5. The molecule has 0 atom stereocenters. The van der Waals surface area contributed by atoms with Crippen LogP contribution in [0.1, 0.15) is 27.8 Å². The molecule has 3 aromatic carbocycles. The van der Waals surface area contributed by atoms with Crippen molar-refractivity contribution >= 4 is 23.1 Å². The number of nitrogens with zero attached hydrogens (tertiary/aromatic N) is 1. The summed E-state index contributed by atoms with van der Waals surface area (Å²) >= 11 is 0. The second kappa shape index (κ2) is 8.71. The quantitative estimate of drug-likeness (QED) is 0.563. The molecule has 1 aliphatic rings. The fourth-order valence-corrected chi connectivity index (χ4v) is 3.74. The SMILES string of the molecule is COc1ccc(C2=C(Nc3cc(C)ccc3C)C(=O)N(Cc3ccc(C)cc3)C2=O)cc1. The Kier molecular flexibility index (Phi) is 5.82. The maximum absolute atomic E-state index is 13.5. The van der Waals surface area contributed by atoms with Crippen molar-refractivity contribution < 1.29 is 14.3 Å². The first-order chi connectivity index (χ1) is 15.4. The molecule has 4 rings (SSSR count). The Morgan fingerprint density at radius 2 is 1.47 bits per heavy atom. The van der Waals surface area contributed by atoms with Crippen LogP contribution in [-0.4, -0.2) is 23.8 Å². The Labute approximate surface area is 188 Å². The van der Waals surface area contributed by atoms with E-state index in [1.165, 1.54) is 4.90 Å². The second-order valence-electron chi connectivity index (χ2n) is 8.10. The van der Waals surface area contributed by atoms with E-state index in [9.17, 15) is 9.59 Å². The average molecular weight is 427 g/mol. The van der Waals surface area contributed by atoms with Gasteiger partial charge in [-0.15, -0.1) is 0 Å². The number of nitrogens with one attached hydrogen (secondary N) is 1. The number of ether oxygens (including phenoxy) is 1. The molecule has 1 heterocycles. The van der Waals surface area contributed by atoms with Crippen LogP contribution in [0.3, 0.4) is 0 Å². The van der Waals surface area contributed by atoms with Crippen molar-refractivity contribution in [3.05, 3.63) is 100 Å². The highest BCUT2D eigenvalue weighted by Crippen LogP contribution is 2.33. The number of amides is 2. The third-order valence-corrected chi connectivity index (χ3v) is 5.66. The zero-order valence-corrected chi connectivity index (χ0v) is 18.7. The van der Waals surface area contributed by atoms with Gasteiger partial charge < -0.3 is 10.1 Å².